The van der Waals surface area contributed by atoms with E-state index < -0.39 is 17.7 Å². The SMILES string of the molecule is O=C(c1cn(Cc2cn3ccccc3n2)nn1)C(F)(F)F. The number of pyridine rings is 1. The molecule has 0 aromatic carbocycles. The third-order valence-electron chi connectivity index (χ3n) is 2.77. The second-order valence-electron chi connectivity index (χ2n) is 4.33. The highest BCUT2D eigenvalue weighted by Crippen LogP contribution is 2.20. The van der Waals surface area contributed by atoms with Crippen molar-refractivity contribution in [3.63, 3.8) is 0 Å². The van der Waals surface area contributed by atoms with E-state index in [1.165, 1.54) is 0 Å². The molecule has 0 aliphatic rings. The van der Waals surface area contributed by atoms with E-state index in [1.807, 2.05) is 12.1 Å². The molecule has 0 radical (unpaired) electrons. The quantitative estimate of drug-likeness (QED) is 0.690. The van der Waals surface area contributed by atoms with Gasteiger partial charge in [0.1, 0.15) is 5.65 Å². The zero-order valence-corrected chi connectivity index (χ0v) is 10.4. The maximum atomic E-state index is 12.3. The molecule has 0 saturated carbocycles. The molecule has 0 N–H and O–H groups in total. The van der Waals surface area contributed by atoms with Gasteiger partial charge in [0.05, 0.1) is 18.4 Å². The highest BCUT2D eigenvalue weighted by molar-refractivity contribution is 5.98. The van der Waals surface area contributed by atoms with Gasteiger partial charge in [-0.05, 0) is 12.1 Å². The second-order valence-corrected chi connectivity index (χ2v) is 4.33. The summed E-state index contributed by atoms with van der Waals surface area (Å²) in [6.45, 7) is 0.125. The van der Waals surface area contributed by atoms with Crippen LogP contribution in [0, 0.1) is 0 Å². The Morgan fingerprint density at radius 2 is 2.05 bits per heavy atom. The Hall–Kier alpha value is -2.71. The van der Waals surface area contributed by atoms with E-state index in [-0.39, 0.29) is 6.54 Å². The van der Waals surface area contributed by atoms with Gasteiger partial charge in [0.2, 0.25) is 0 Å². The Kier molecular flexibility index (Phi) is 2.96. The van der Waals surface area contributed by atoms with Gasteiger partial charge in [-0.3, -0.25) is 4.79 Å². The molecule has 3 rings (SSSR count). The average Bonchev–Trinajstić information content (AvgIpc) is 3.03. The van der Waals surface area contributed by atoms with Gasteiger partial charge in [-0.15, -0.1) is 5.10 Å². The summed E-state index contributed by atoms with van der Waals surface area (Å²) in [5.41, 5.74) is 0.572. The largest absolute Gasteiger partial charge is 0.456 e. The molecule has 0 aliphatic heterocycles. The summed E-state index contributed by atoms with van der Waals surface area (Å²) in [5.74, 6) is -2.01. The van der Waals surface area contributed by atoms with Gasteiger partial charge in [0.25, 0.3) is 5.78 Å². The van der Waals surface area contributed by atoms with Crippen molar-refractivity contribution in [2.45, 2.75) is 12.7 Å². The first-order chi connectivity index (χ1) is 9.93. The first-order valence-corrected chi connectivity index (χ1v) is 5.88. The molecule has 0 fully saturated rings. The number of Topliss-reactive ketones (excluding diaryl/α,β-unsaturated/α-hetero) is 1. The Morgan fingerprint density at radius 3 is 2.76 bits per heavy atom. The monoisotopic (exact) mass is 295 g/mol. The van der Waals surface area contributed by atoms with Crippen molar-refractivity contribution in [1.82, 2.24) is 24.4 Å². The molecular weight excluding hydrogens is 287 g/mol. The molecule has 0 aliphatic carbocycles. The Labute approximate surface area is 115 Å². The number of hydrogen-bond acceptors (Lipinski definition) is 4. The van der Waals surface area contributed by atoms with Gasteiger partial charge in [-0.2, -0.15) is 13.2 Å². The third-order valence-corrected chi connectivity index (χ3v) is 2.77. The standard InChI is InChI=1S/C12H8F3N5O/c13-12(14,15)11(21)9-7-20(18-17-9)6-8-5-19-4-2-1-3-10(19)16-8/h1-5,7H,6H2. The van der Waals surface area contributed by atoms with Crippen LogP contribution in [0.1, 0.15) is 16.2 Å². The van der Waals surface area contributed by atoms with Crippen molar-refractivity contribution in [2.75, 3.05) is 0 Å². The lowest BCUT2D eigenvalue weighted by Crippen LogP contribution is -2.23. The molecule has 3 aromatic rings. The summed E-state index contributed by atoms with van der Waals surface area (Å²) in [6, 6.07) is 5.44. The predicted molar refractivity (Wildman–Crippen MR) is 64.7 cm³/mol. The van der Waals surface area contributed by atoms with Crippen LogP contribution < -0.4 is 0 Å². The molecule has 3 heterocycles. The fourth-order valence-electron chi connectivity index (χ4n) is 1.85. The molecule has 9 heteroatoms. The van der Waals surface area contributed by atoms with Crippen LogP contribution in [0.2, 0.25) is 0 Å². The molecule has 0 unspecified atom stereocenters. The molecule has 0 saturated heterocycles. The van der Waals surface area contributed by atoms with Gasteiger partial charge in [-0.1, -0.05) is 11.3 Å². The zero-order valence-electron chi connectivity index (χ0n) is 10.4. The van der Waals surface area contributed by atoms with Crippen LogP contribution >= 0.6 is 0 Å². The fraction of sp³-hybridized carbons (Fsp3) is 0.167. The van der Waals surface area contributed by atoms with E-state index in [0.717, 1.165) is 10.9 Å². The Balaban J connectivity index is 1.82. The summed E-state index contributed by atoms with van der Waals surface area (Å²) in [7, 11) is 0. The number of rotatable bonds is 3. The van der Waals surface area contributed by atoms with Crippen molar-refractivity contribution >= 4 is 11.4 Å². The van der Waals surface area contributed by atoms with E-state index in [9.17, 15) is 18.0 Å². The van der Waals surface area contributed by atoms with E-state index >= 15 is 0 Å². The van der Waals surface area contributed by atoms with Crippen molar-refractivity contribution in [3.8, 4) is 0 Å². The van der Waals surface area contributed by atoms with Crippen LogP contribution in [0.3, 0.4) is 0 Å². The Bertz CT molecular complexity index is 771. The molecule has 6 nitrogen and oxygen atoms in total. The van der Waals surface area contributed by atoms with Gasteiger partial charge in [0.15, 0.2) is 5.69 Å². The highest BCUT2D eigenvalue weighted by atomic mass is 19.4. The van der Waals surface area contributed by atoms with Crippen molar-refractivity contribution in [3.05, 3.63) is 48.2 Å². The molecule has 21 heavy (non-hydrogen) atoms. The smallest absolute Gasteiger partial charge is 0.307 e. The van der Waals surface area contributed by atoms with Crippen molar-refractivity contribution in [2.24, 2.45) is 0 Å². The summed E-state index contributed by atoms with van der Waals surface area (Å²) in [6.07, 6.45) is -0.474. The first-order valence-electron chi connectivity index (χ1n) is 5.88. The topological polar surface area (TPSA) is 65.1 Å². The number of halogens is 3. The van der Waals surface area contributed by atoms with Crippen LogP contribution in [-0.4, -0.2) is 36.3 Å². The van der Waals surface area contributed by atoms with E-state index in [2.05, 4.69) is 15.3 Å². The molecular formula is C12H8F3N5O. The molecule has 0 atom stereocenters. The first kappa shape index (κ1) is 13.3. The number of carbonyl (C=O) groups excluding carboxylic acids is 1. The second kappa shape index (κ2) is 4.69. The number of hydrogen-bond donors (Lipinski definition) is 0. The number of imidazole rings is 1. The van der Waals surface area contributed by atoms with Gasteiger partial charge >= 0.3 is 6.18 Å². The maximum Gasteiger partial charge on any atom is 0.456 e. The lowest BCUT2D eigenvalue weighted by atomic mass is 10.3. The Morgan fingerprint density at radius 1 is 1.24 bits per heavy atom. The number of nitrogens with zero attached hydrogens (tertiary/aromatic N) is 5. The zero-order chi connectivity index (χ0) is 15.0. The molecule has 108 valence electrons. The van der Waals surface area contributed by atoms with Crippen molar-refractivity contribution in [1.29, 1.82) is 0 Å². The molecule has 0 amide bonds. The number of carbonyl (C=O) groups is 1. The number of fused-ring (bicyclic) bond motifs is 1. The number of aromatic nitrogens is 5. The van der Waals surface area contributed by atoms with E-state index in [0.29, 0.717) is 11.3 Å². The molecule has 0 bridgehead atoms. The minimum absolute atomic E-state index is 0.125. The van der Waals surface area contributed by atoms with Crippen LogP contribution in [0.15, 0.2) is 36.8 Å². The van der Waals surface area contributed by atoms with Crippen LogP contribution in [-0.2, 0) is 6.54 Å². The minimum Gasteiger partial charge on any atom is -0.307 e. The van der Waals surface area contributed by atoms with Gasteiger partial charge in [-0.25, -0.2) is 9.67 Å². The summed E-state index contributed by atoms with van der Waals surface area (Å²) in [5, 5.41) is 6.75. The lowest BCUT2D eigenvalue weighted by molar-refractivity contribution is -0.0888. The van der Waals surface area contributed by atoms with Crippen LogP contribution in [0.5, 0.6) is 0 Å². The molecule has 0 spiro atoms. The predicted octanol–water partition coefficient (Wildman–Crippen LogP) is 1.72. The molecule has 3 aromatic heterocycles. The minimum atomic E-state index is -4.95. The van der Waals surface area contributed by atoms with Crippen LogP contribution in [0.25, 0.3) is 5.65 Å². The van der Waals surface area contributed by atoms with E-state index in [1.54, 1.807) is 22.9 Å². The number of alkyl halides is 3. The normalized spacial score (nSPS) is 12.0. The summed E-state index contributed by atoms with van der Waals surface area (Å²) >= 11 is 0. The van der Waals surface area contributed by atoms with E-state index in [4.69, 9.17) is 0 Å². The number of ketones is 1. The van der Waals surface area contributed by atoms with Gasteiger partial charge < -0.3 is 4.40 Å². The fourth-order valence-corrected chi connectivity index (χ4v) is 1.85. The average molecular weight is 295 g/mol. The van der Waals surface area contributed by atoms with Crippen molar-refractivity contribution < 1.29 is 18.0 Å². The van der Waals surface area contributed by atoms with Crippen LogP contribution in [0.4, 0.5) is 13.2 Å². The highest BCUT2D eigenvalue weighted by Gasteiger charge is 2.41. The summed E-state index contributed by atoms with van der Waals surface area (Å²) in [4.78, 5) is 15.3. The third kappa shape index (κ3) is 2.62. The maximum absolute atomic E-state index is 12.3. The lowest BCUT2D eigenvalue weighted by Gasteiger charge is -1.99. The summed E-state index contributed by atoms with van der Waals surface area (Å²) < 4.78 is 39.7. The van der Waals surface area contributed by atoms with Gasteiger partial charge in [0, 0.05) is 12.4 Å².